The number of allylic oxidation sites excluding steroid dienone is 1. The number of piperidine rings is 1. The van der Waals surface area contributed by atoms with Gasteiger partial charge in [0.1, 0.15) is 5.76 Å². The minimum atomic E-state index is -0.118. The molecule has 4 heterocycles. The molecule has 4 nitrogen and oxygen atoms in total. The number of carbonyl (C=O) groups excluding carboxylic acids is 1. The van der Waals surface area contributed by atoms with Crippen molar-refractivity contribution in [2.45, 2.75) is 12.8 Å². The summed E-state index contributed by atoms with van der Waals surface area (Å²) >= 11 is 0. The predicted octanol–water partition coefficient (Wildman–Crippen LogP) is 3.60. The molecule has 2 aromatic rings. The summed E-state index contributed by atoms with van der Waals surface area (Å²) in [6.07, 6.45) is 6.06. The standard InChI is InChI=1S/C18H18N2O2/c21-18(19-14-4-2-1-3-5-14)15-8-11-22-17(15)16-12-20-9-6-13(16)7-10-20/h1-5,8,11-13H,6-7,9-10H2,(H,19,21). The van der Waals surface area contributed by atoms with E-state index in [2.05, 4.69) is 16.4 Å². The van der Waals surface area contributed by atoms with Crippen molar-refractivity contribution in [2.24, 2.45) is 5.92 Å². The molecule has 1 fully saturated rings. The maximum atomic E-state index is 12.5. The van der Waals surface area contributed by atoms with E-state index in [4.69, 9.17) is 4.42 Å². The summed E-state index contributed by atoms with van der Waals surface area (Å²) in [5.41, 5.74) is 2.58. The van der Waals surface area contributed by atoms with Crippen molar-refractivity contribution in [3.8, 4) is 0 Å². The molecule has 0 radical (unpaired) electrons. The lowest BCUT2D eigenvalue weighted by Crippen LogP contribution is -2.35. The molecular weight excluding hydrogens is 276 g/mol. The molecule has 1 saturated heterocycles. The number of carbonyl (C=O) groups is 1. The van der Waals surface area contributed by atoms with Crippen molar-refractivity contribution in [3.63, 3.8) is 0 Å². The summed E-state index contributed by atoms with van der Waals surface area (Å²) in [4.78, 5) is 14.8. The third-order valence-corrected chi connectivity index (χ3v) is 4.49. The molecule has 1 aromatic carbocycles. The van der Waals surface area contributed by atoms with Gasteiger partial charge in [0.05, 0.1) is 11.8 Å². The van der Waals surface area contributed by atoms with Crippen LogP contribution < -0.4 is 5.32 Å². The van der Waals surface area contributed by atoms with E-state index in [9.17, 15) is 4.79 Å². The summed E-state index contributed by atoms with van der Waals surface area (Å²) < 4.78 is 5.66. The van der Waals surface area contributed by atoms with E-state index in [-0.39, 0.29) is 5.91 Å². The fourth-order valence-electron chi connectivity index (χ4n) is 3.32. The van der Waals surface area contributed by atoms with Crippen LogP contribution in [0.25, 0.3) is 5.57 Å². The first-order valence-corrected chi connectivity index (χ1v) is 7.71. The number of rotatable bonds is 3. The zero-order chi connectivity index (χ0) is 14.9. The molecule has 1 N–H and O–H groups in total. The number of hydrogen-bond donors (Lipinski definition) is 1. The highest BCUT2D eigenvalue weighted by molar-refractivity contribution is 6.06. The number of furan rings is 1. The second kappa shape index (κ2) is 5.37. The third kappa shape index (κ3) is 2.30. The largest absolute Gasteiger partial charge is 0.464 e. The van der Waals surface area contributed by atoms with Crippen LogP contribution >= 0.6 is 0 Å². The van der Waals surface area contributed by atoms with E-state index in [0.717, 1.165) is 37.4 Å². The topological polar surface area (TPSA) is 45.5 Å². The van der Waals surface area contributed by atoms with Gasteiger partial charge in [-0.15, -0.1) is 0 Å². The smallest absolute Gasteiger partial charge is 0.259 e. The van der Waals surface area contributed by atoms with Crippen LogP contribution in [0.2, 0.25) is 0 Å². The van der Waals surface area contributed by atoms with Crippen LogP contribution in [-0.4, -0.2) is 23.9 Å². The van der Waals surface area contributed by atoms with E-state index in [1.165, 1.54) is 5.57 Å². The van der Waals surface area contributed by atoms with Crippen LogP contribution in [0.1, 0.15) is 29.0 Å². The first-order chi connectivity index (χ1) is 10.8. The zero-order valence-electron chi connectivity index (χ0n) is 12.3. The summed E-state index contributed by atoms with van der Waals surface area (Å²) in [7, 11) is 0. The highest BCUT2D eigenvalue weighted by Crippen LogP contribution is 2.38. The maximum Gasteiger partial charge on any atom is 0.259 e. The Balaban J connectivity index is 1.62. The molecule has 1 amide bonds. The molecule has 0 unspecified atom stereocenters. The lowest BCUT2D eigenvalue weighted by Gasteiger charge is -2.38. The minimum absolute atomic E-state index is 0.118. The van der Waals surface area contributed by atoms with Crippen molar-refractivity contribution in [1.29, 1.82) is 0 Å². The fraction of sp³-hybridized carbons (Fsp3) is 0.278. The molecule has 4 heteroatoms. The SMILES string of the molecule is O=C(Nc1ccccc1)c1ccoc1C1=CN2CCC1CC2. The zero-order valence-corrected chi connectivity index (χ0v) is 12.3. The number of nitrogens with one attached hydrogen (secondary N) is 1. The Kier molecular flexibility index (Phi) is 3.22. The Morgan fingerprint density at radius 2 is 1.91 bits per heavy atom. The molecule has 1 aromatic heterocycles. The van der Waals surface area contributed by atoms with Crippen LogP contribution in [0.3, 0.4) is 0 Å². The van der Waals surface area contributed by atoms with Crippen LogP contribution in [0.15, 0.2) is 53.3 Å². The number of fused-ring (bicyclic) bond motifs is 2. The quantitative estimate of drug-likeness (QED) is 0.940. The Hall–Kier alpha value is -2.49. The van der Waals surface area contributed by atoms with Crippen molar-refractivity contribution in [2.75, 3.05) is 18.4 Å². The van der Waals surface area contributed by atoms with Gasteiger partial charge < -0.3 is 14.6 Å². The van der Waals surface area contributed by atoms with Gasteiger partial charge in [0, 0.05) is 30.5 Å². The lowest BCUT2D eigenvalue weighted by molar-refractivity contribution is 0.102. The molecular formula is C18H18N2O2. The van der Waals surface area contributed by atoms with Crippen LogP contribution in [0, 0.1) is 5.92 Å². The molecule has 0 saturated carbocycles. The average Bonchev–Trinajstić information content (AvgIpc) is 3.06. The molecule has 0 atom stereocenters. The van der Waals surface area contributed by atoms with Gasteiger partial charge in [-0.3, -0.25) is 4.79 Å². The Morgan fingerprint density at radius 1 is 1.14 bits per heavy atom. The molecule has 2 bridgehead atoms. The lowest BCUT2D eigenvalue weighted by atomic mass is 9.83. The van der Waals surface area contributed by atoms with Crippen molar-refractivity contribution >= 4 is 17.2 Å². The van der Waals surface area contributed by atoms with Crippen LogP contribution in [-0.2, 0) is 0 Å². The molecule has 5 rings (SSSR count). The van der Waals surface area contributed by atoms with Gasteiger partial charge in [-0.25, -0.2) is 0 Å². The monoisotopic (exact) mass is 294 g/mol. The molecule has 3 aliphatic heterocycles. The fourth-order valence-corrected chi connectivity index (χ4v) is 3.32. The Bertz CT molecular complexity index is 710. The molecule has 112 valence electrons. The minimum Gasteiger partial charge on any atom is -0.464 e. The normalized spacial score (nSPS) is 17.5. The van der Waals surface area contributed by atoms with Crippen molar-refractivity contribution < 1.29 is 9.21 Å². The Morgan fingerprint density at radius 3 is 2.59 bits per heavy atom. The summed E-state index contributed by atoms with van der Waals surface area (Å²) in [6.45, 7) is 2.22. The first-order valence-electron chi connectivity index (χ1n) is 7.71. The predicted molar refractivity (Wildman–Crippen MR) is 85.4 cm³/mol. The highest BCUT2D eigenvalue weighted by Gasteiger charge is 2.31. The first kappa shape index (κ1) is 13.2. The number of anilines is 1. The van der Waals surface area contributed by atoms with Gasteiger partial charge in [0.2, 0.25) is 0 Å². The third-order valence-electron chi connectivity index (χ3n) is 4.49. The van der Waals surface area contributed by atoms with Gasteiger partial charge in [0.25, 0.3) is 5.91 Å². The number of benzene rings is 1. The van der Waals surface area contributed by atoms with E-state index in [1.807, 2.05) is 30.3 Å². The second-order valence-corrected chi connectivity index (χ2v) is 5.88. The van der Waals surface area contributed by atoms with E-state index < -0.39 is 0 Å². The van der Waals surface area contributed by atoms with Gasteiger partial charge >= 0.3 is 0 Å². The molecule has 0 aliphatic carbocycles. The number of amides is 1. The van der Waals surface area contributed by atoms with Crippen molar-refractivity contribution in [1.82, 2.24) is 4.90 Å². The molecule has 22 heavy (non-hydrogen) atoms. The number of nitrogens with zero attached hydrogens (tertiary/aromatic N) is 1. The summed E-state index contributed by atoms with van der Waals surface area (Å²) in [5, 5.41) is 2.93. The molecule has 0 spiro atoms. The van der Waals surface area contributed by atoms with Gasteiger partial charge in [0.15, 0.2) is 0 Å². The van der Waals surface area contributed by atoms with Crippen LogP contribution in [0.5, 0.6) is 0 Å². The van der Waals surface area contributed by atoms with E-state index in [1.54, 1.807) is 12.3 Å². The Labute approximate surface area is 129 Å². The highest BCUT2D eigenvalue weighted by atomic mass is 16.3. The number of para-hydroxylation sites is 1. The summed E-state index contributed by atoms with van der Waals surface area (Å²) in [6, 6.07) is 11.3. The van der Waals surface area contributed by atoms with Gasteiger partial charge in [-0.2, -0.15) is 0 Å². The second-order valence-electron chi connectivity index (χ2n) is 5.88. The summed E-state index contributed by atoms with van der Waals surface area (Å²) in [5.74, 6) is 1.12. The van der Waals surface area contributed by atoms with E-state index >= 15 is 0 Å². The maximum absolute atomic E-state index is 12.5. The van der Waals surface area contributed by atoms with Crippen molar-refractivity contribution in [3.05, 3.63) is 60.2 Å². The van der Waals surface area contributed by atoms with E-state index in [0.29, 0.717) is 11.5 Å². The number of hydrogen-bond acceptors (Lipinski definition) is 3. The molecule has 3 aliphatic rings. The van der Waals surface area contributed by atoms with Gasteiger partial charge in [-0.05, 0) is 37.0 Å². The van der Waals surface area contributed by atoms with Gasteiger partial charge in [-0.1, -0.05) is 18.2 Å². The average molecular weight is 294 g/mol. The van der Waals surface area contributed by atoms with Crippen LogP contribution in [0.4, 0.5) is 5.69 Å².